The molecule has 0 saturated heterocycles. The Labute approximate surface area is 176 Å². The minimum atomic E-state index is -0.319. The van der Waals surface area contributed by atoms with Crippen LogP contribution < -0.4 is 10.2 Å². The van der Waals surface area contributed by atoms with E-state index < -0.39 is 0 Å². The highest BCUT2D eigenvalue weighted by Crippen LogP contribution is 2.36. The van der Waals surface area contributed by atoms with Gasteiger partial charge < -0.3 is 9.15 Å². The van der Waals surface area contributed by atoms with Gasteiger partial charge >= 0.3 is 0 Å². The number of benzene rings is 3. The molecule has 0 fully saturated rings. The summed E-state index contributed by atoms with van der Waals surface area (Å²) >= 11 is 18.4. The molecule has 1 heterocycles. The van der Waals surface area contributed by atoms with Crippen molar-refractivity contribution in [3.63, 3.8) is 0 Å². The van der Waals surface area contributed by atoms with Gasteiger partial charge in [-0.2, -0.15) is 0 Å². The molecule has 1 aromatic heterocycles. The second-order valence-corrected chi connectivity index (χ2v) is 7.41. The summed E-state index contributed by atoms with van der Waals surface area (Å²) in [6.07, 6.45) is 0. The molecule has 0 bridgehead atoms. The van der Waals surface area contributed by atoms with Crippen molar-refractivity contribution in [1.82, 2.24) is 0 Å². The number of hydrogen-bond acceptors (Lipinski definition) is 3. The number of ether oxygens (including phenoxy) is 1. The first-order valence-corrected chi connectivity index (χ1v) is 9.55. The Morgan fingerprint density at radius 1 is 0.857 bits per heavy atom. The van der Waals surface area contributed by atoms with E-state index in [4.69, 9.17) is 44.0 Å². The molecule has 0 saturated carbocycles. The minimum absolute atomic E-state index is 0.0721. The molecule has 0 aliphatic rings. The Kier molecular flexibility index (Phi) is 5.31. The largest absolute Gasteiger partial charge is 0.481 e. The van der Waals surface area contributed by atoms with Crippen molar-refractivity contribution in [2.75, 3.05) is 0 Å². The highest BCUT2D eigenvalue weighted by molar-refractivity contribution is 6.33. The quantitative estimate of drug-likeness (QED) is 0.349. The monoisotopic (exact) mass is 430 g/mol. The Morgan fingerprint density at radius 3 is 2.43 bits per heavy atom. The first kappa shape index (κ1) is 18.9. The first-order valence-electron chi connectivity index (χ1n) is 8.41. The van der Waals surface area contributed by atoms with E-state index in [0.29, 0.717) is 31.6 Å². The van der Waals surface area contributed by atoms with E-state index in [9.17, 15) is 4.79 Å². The molecule has 28 heavy (non-hydrogen) atoms. The van der Waals surface area contributed by atoms with Gasteiger partial charge in [-0.05, 0) is 48.0 Å². The maximum atomic E-state index is 13.2. The summed E-state index contributed by atoms with van der Waals surface area (Å²) in [6.45, 7) is 0.148. The van der Waals surface area contributed by atoms with E-state index in [1.54, 1.807) is 48.5 Å². The summed E-state index contributed by atoms with van der Waals surface area (Å²) in [7, 11) is 0. The van der Waals surface area contributed by atoms with E-state index in [1.165, 1.54) is 0 Å². The number of halogens is 3. The maximum Gasteiger partial charge on any atom is 0.235 e. The molecule has 0 aliphatic carbocycles. The Hall–Kier alpha value is -2.46. The van der Waals surface area contributed by atoms with Crippen LogP contribution in [0.15, 0.2) is 75.9 Å². The summed E-state index contributed by atoms with van der Waals surface area (Å²) in [4.78, 5) is 13.2. The van der Waals surface area contributed by atoms with Gasteiger partial charge in [-0.3, -0.25) is 4.79 Å². The molecular weight excluding hydrogens is 419 g/mol. The number of fused-ring (bicyclic) bond motifs is 1. The molecule has 0 spiro atoms. The molecule has 0 aliphatic heterocycles. The van der Waals surface area contributed by atoms with Gasteiger partial charge in [0, 0.05) is 15.6 Å². The van der Waals surface area contributed by atoms with Crippen LogP contribution in [-0.2, 0) is 6.61 Å². The third kappa shape index (κ3) is 3.74. The van der Waals surface area contributed by atoms with Gasteiger partial charge in [0.25, 0.3) is 0 Å². The normalized spacial score (nSPS) is 11.0. The summed E-state index contributed by atoms with van der Waals surface area (Å²) < 4.78 is 11.9. The highest BCUT2D eigenvalue weighted by atomic mass is 35.5. The smallest absolute Gasteiger partial charge is 0.235 e. The van der Waals surface area contributed by atoms with Gasteiger partial charge in [-0.1, -0.05) is 59.1 Å². The van der Waals surface area contributed by atoms with Crippen molar-refractivity contribution in [1.29, 1.82) is 0 Å². The Bertz CT molecular complexity index is 1230. The molecule has 0 amide bonds. The van der Waals surface area contributed by atoms with Gasteiger partial charge in [-0.15, -0.1) is 0 Å². The molecular formula is C22H13Cl3O3. The van der Waals surface area contributed by atoms with Crippen LogP contribution in [0.2, 0.25) is 15.1 Å². The zero-order chi connectivity index (χ0) is 19.7. The Morgan fingerprint density at radius 2 is 1.64 bits per heavy atom. The van der Waals surface area contributed by atoms with E-state index in [-0.39, 0.29) is 23.5 Å². The lowest BCUT2D eigenvalue weighted by Crippen LogP contribution is -2.10. The van der Waals surface area contributed by atoms with Crippen molar-refractivity contribution in [3.05, 3.63) is 97.6 Å². The summed E-state index contributed by atoms with van der Waals surface area (Å²) in [6, 6.07) is 19.2. The van der Waals surface area contributed by atoms with Crippen molar-refractivity contribution in [3.8, 4) is 17.1 Å². The molecule has 4 aromatic rings. The van der Waals surface area contributed by atoms with Crippen molar-refractivity contribution < 1.29 is 9.15 Å². The fourth-order valence-corrected chi connectivity index (χ4v) is 3.49. The SMILES string of the molecule is O=c1c(OCc2cccc(Cl)c2)c(-c2ccccc2Cl)oc2ccc(Cl)cc12. The maximum absolute atomic E-state index is 13.2. The van der Waals surface area contributed by atoms with Gasteiger partial charge in [0.05, 0.1) is 10.4 Å². The molecule has 0 radical (unpaired) electrons. The second kappa shape index (κ2) is 7.88. The summed E-state index contributed by atoms with van der Waals surface area (Å²) in [5, 5.41) is 1.81. The molecule has 6 heteroatoms. The van der Waals surface area contributed by atoms with Crippen molar-refractivity contribution >= 4 is 45.8 Å². The van der Waals surface area contributed by atoms with Crippen LogP contribution in [-0.4, -0.2) is 0 Å². The van der Waals surface area contributed by atoms with Crippen LogP contribution in [0, 0.1) is 0 Å². The Balaban J connectivity index is 1.88. The average Bonchev–Trinajstić information content (AvgIpc) is 2.68. The van der Waals surface area contributed by atoms with Crippen molar-refractivity contribution in [2.45, 2.75) is 6.61 Å². The van der Waals surface area contributed by atoms with Gasteiger partial charge in [0.1, 0.15) is 12.2 Å². The zero-order valence-electron chi connectivity index (χ0n) is 14.4. The fraction of sp³-hybridized carbons (Fsp3) is 0.0455. The van der Waals surface area contributed by atoms with Gasteiger partial charge in [-0.25, -0.2) is 0 Å². The molecule has 0 atom stereocenters. The van der Waals surface area contributed by atoms with Crippen LogP contribution in [0.4, 0.5) is 0 Å². The predicted octanol–water partition coefficient (Wildman–Crippen LogP) is 7.00. The van der Waals surface area contributed by atoms with Gasteiger partial charge in [0.2, 0.25) is 11.2 Å². The molecule has 0 unspecified atom stereocenters. The zero-order valence-corrected chi connectivity index (χ0v) is 16.7. The lowest BCUT2D eigenvalue weighted by molar-refractivity contribution is 0.298. The van der Waals surface area contributed by atoms with E-state index >= 15 is 0 Å². The molecule has 4 rings (SSSR count). The van der Waals surface area contributed by atoms with Crippen LogP contribution in [0.5, 0.6) is 5.75 Å². The van der Waals surface area contributed by atoms with E-state index in [1.807, 2.05) is 18.2 Å². The topological polar surface area (TPSA) is 39.4 Å². The average molecular weight is 432 g/mol. The summed E-state index contributed by atoms with van der Waals surface area (Å²) in [5.41, 5.74) is 1.47. The standard InChI is InChI=1S/C22H13Cl3O3/c23-14-5-3-4-13(10-14)12-27-22-20(26)17-11-15(24)8-9-19(17)28-21(22)16-6-1-2-7-18(16)25/h1-11H,12H2. The van der Waals surface area contributed by atoms with Crippen LogP contribution in [0.1, 0.15) is 5.56 Å². The molecule has 140 valence electrons. The van der Waals surface area contributed by atoms with Crippen LogP contribution in [0.3, 0.4) is 0 Å². The lowest BCUT2D eigenvalue weighted by atomic mass is 10.1. The van der Waals surface area contributed by atoms with Crippen LogP contribution in [0.25, 0.3) is 22.3 Å². The molecule has 3 nitrogen and oxygen atoms in total. The fourth-order valence-electron chi connectivity index (χ4n) is 2.89. The summed E-state index contributed by atoms with van der Waals surface area (Å²) in [5.74, 6) is 0.343. The van der Waals surface area contributed by atoms with E-state index in [0.717, 1.165) is 5.56 Å². The third-order valence-electron chi connectivity index (χ3n) is 4.20. The lowest BCUT2D eigenvalue weighted by Gasteiger charge is -2.13. The minimum Gasteiger partial charge on any atom is -0.481 e. The predicted molar refractivity (Wildman–Crippen MR) is 114 cm³/mol. The van der Waals surface area contributed by atoms with Crippen LogP contribution >= 0.6 is 34.8 Å². The van der Waals surface area contributed by atoms with Gasteiger partial charge in [0.15, 0.2) is 5.76 Å². The molecule has 0 N–H and O–H groups in total. The molecule has 3 aromatic carbocycles. The highest BCUT2D eigenvalue weighted by Gasteiger charge is 2.20. The number of rotatable bonds is 4. The second-order valence-electron chi connectivity index (χ2n) is 6.13. The third-order valence-corrected chi connectivity index (χ3v) is 5.00. The number of hydrogen-bond donors (Lipinski definition) is 0. The van der Waals surface area contributed by atoms with Crippen molar-refractivity contribution in [2.24, 2.45) is 0 Å². The van der Waals surface area contributed by atoms with E-state index in [2.05, 4.69) is 0 Å². The first-order chi connectivity index (χ1) is 13.5.